The molecule has 1 aliphatic rings. The maximum atomic E-state index is 12.5. The zero-order valence-corrected chi connectivity index (χ0v) is 12.4. The molecule has 0 fully saturated rings. The van der Waals surface area contributed by atoms with E-state index in [4.69, 9.17) is 4.74 Å². The molecule has 110 valence electrons. The third-order valence-corrected chi connectivity index (χ3v) is 4.13. The van der Waals surface area contributed by atoms with Gasteiger partial charge in [-0.15, -0.1) is 0 Å². The zero-order chi connectivity index (χ0) is 15.0. The van der Waals surface area contributed by atoms with E-state index in [2.05, 4.69) is 22.4 Å². The SMILES string of the molecule is CCc1cn[nH]c1NC(=O)c1cccc2c1OC(C)C2C. The van der Waals surface area contributed by atoms with E-state index >= 15 is 0 Å². The molecule has 0 aliphatic carbocycles. The quantitative estimate of drug-likeness (QED) is 0.910. The number of carbonyl (C=O) groups excluding carboxylic acids is 1. The van der Waals surface area contributed by atoms with Crippen molar-refractivity contribution in [1.82, 2.24) is 10.2 Å². The first-order chi connectivity index (χ1) is 10.1. The van der Waals surface area contributed by atoms with Gasteiger partial charge in [-0.1, -0.05) is 26.0 Å². The number of para-hydroxylation sites is 1. The fourth-order valence-corrected chi connectivity index (χ4v) is 2.63. The van der Waals surface area contributed by atoms with E-state index in [0.717, 1.165) is 17.5 Å². The summed E-state index contributed by atoms with van der Waals surface area (Å²) >= 11 is 0. The molecule has 0 saturated carbocycles. The second-order valence-corrected chi connectivity index (χ2v) is 5.41. The van der Waals surface area contributed by atoms with Crippen molar-refractivity contribution < 1.29 is 9.53 Å². The van der Waals surface area contributed by atoms with Crippen molar-refractivity contribution in [1.29, 1.82) is 0 Å². The highest BCUT2D eigenvalue weighted by Gasteiger charge is 2.31. The number of rotatable bonds is 3. The van der Waals surface area contributed by atoms with E-state index in [-0.39, 0.29) is 12.0 Å². The van der Waals surface area contributed by atoms with E-state index in [1.54, 1.807) is 12.3 Å². The Morgan fingerprint density at radius 1 is 1.43 bits per heavy atom. The normalized spacial score (nSPS) is 20.0. The number of anilines is 1. The molecule has 1 aliphatic heterocycles. The lowest BCUT2D eigenvalue weighted by atomic mass is 9.97. The maximum Gasteiger partial charge on any atom is 0.260 e. The minimum atomic E-state index is -0.174. The van der Waals surface area contributed by atoms with Crippen LogP contribution in [0.4, 0.5) is 5.82 Å². The lowest BCUT2D eigenvalue weighted by molar-refractivity contribution is 0.102. The first-order valence-electron chi connectivity index (χ1n) is 7.25. The molecule has 2 atom stereocenters. The summed E-state index contributed by atoms with van der Waals surface area (Å²) in [5.74, 6) is 1.48. The monoisotopic (exact) mass is 285 g/mol. The minimum Gasteiger partial charge on any atom is -0.489 e. The molecule has 3 rings (SSSR count). The topological polar surface area (TPSA) is 67.0 Å². The molecule has 5 nitrogen and oxygen atoms in total. The summed E-state index contributed by atoms with van der Waals surface area (Å²) in [5.41, 5.74) is 2.65. The molecule has 0 spiro atoms. The van der Waals surface area contributed by atoms with E-state index in [1.165, 1.54) is 0 Å². The van der Waals surface area contributed by atoms with Crippen molar-refractivity contribution in [3.63, 3.8) is 0 Å². The van der Waals surface area contributed by atoms with Gasteiger partial charge in [0.05, 0.1) is 11.8 Å². The van der Waals surface area contributed by atoms with Gasteiger partial charge in [-0.05, 0) is 19.4 Å². The molecular weight excluding hydrogens is 266 g/mol. The van der Waals surface area contributed by atoms with E-state index in [1.807, 2.05) is 26.0 Å². The highest BCUT2D eigenvalue weighted by Crippen LogP contribution is 2.40. The van der Waals surface area contributed by atoms with Crippen molar-refractivity contribution in [2.24, 2.45) is 0 Å². The molecule has 2 unspecified atom stereocenters. The maximum absolute atomic E-state index is 12.5. The van der Waals surface area contributed by atoms with Gasteiger partial charge in [0.2, 0.25) is 0 Å². The molecule has 21 heavy (non-hydrogen) atoms. The Hall–Kier alpha value is -2.30. The zero-order valence-electron chi connectivity index (χ0n) is 12.4. The average Bonchev–Trinajstić information content (AvgIpc) is 3.04. The van der Waals surface area contributed by atoms with Gasteiger partial charge in [0.15, 0.2) is 0 Å². The van der Waals surface area contributed by atoms with Gasteiger partial charge >= 0.3 is 0 Å². The number of hydrogen-bond acceptors (Lipinski definition) is 3. The van der Waals surface area contributed by atoms with Crippen molar-refractivity contribution in [2.75, 3.05) is 5.32 Å². The lowest BCUT2D eigenvalue weighted by Gasteiger charge is -2.10. The fourth-order valence-electron chi connectivity index (χ4n) is 2.63. The largest absolute Gasteiger partial charge is 0.489 e. The number of hydrogen-bond donors (Lipinski definition) is 2. The Kier molecular flexibility index (Phi) is 3.41. The first kappa shape index (κ1) is 13.7. The number of aromatic amines is 1. The molecular formula is C16H19N3O2. The molecule has 1 aromatic carbocycles. The summed E-state index contributed by atoms with van der Waals surface area (Å²) in [4.78, 5) is 12.5. The molecule has 1 amide bonds. The number of nitrogens with one attached hydrogen (secondary N) is 2. The summed E-state index contributed by atoms with van der Waals surface area (Å²) in [6.07, 6.45) is 2.63. The van der Waals surface area contributed by atoms with Crippen LogP contribution >= 0.6 is 0 Å². The Bertz CT molecular complexity index is 678. The summed E-state index contributed by atoms with van der Waals surface area (Å²) in [5, 5.41) is 9.67. The number of amides is 1. The van der Waals surface area contributed by atoms with Crippen LogP contribution in [-0.2, 0) is 6.42 Å². The van der Waals surface area contributed by atoms with E-state index < -0.39 is 0 Å². The Morgan fingerprint density at radius 2 is 2.24 bits per heavy atom. The highest BCUT2D eigenvalue weighted by molar-refractivity contribution is 6.06. The van der Waals surface area contributed by atoms with Crippen molar-refractivity contribution in [3.8, 4) is 5.75 Å². The standard InChI is InChI=1S/C16H19N3O2/c1-4-11-8-17-19-15(11)18-16(20)13-7-5-6-12-9(2)10(3)21-14(12)13/h5-10H,4H2,1-3H3,(H2,17,18,19,20). The lowest BCUT2D eigenvalue weighted by Crippen LogP contribution is -2.15. The van der Waals surface area contributed by atoms with Crippen LogP contribution in [0.5, 0.6) is 5.75 Å². The summed E-state index contributed by atoms with van der Waals surface area (Å²) < 4.78 is 5.86. The third kappa shape index (κ3) is 2.28. The van der Waals surface area contributed by atoms with Gasteiger partial charge in [-0.25, -0.2) is 0 Å². The van der Waals surface area contributed by atoms with Crippen LogP contribution < -0.4 is 10.1 Å². The predicted octanol–water partition coefficient (Wildman–Crippen LogP) is 3.11. The second-order valence-electron chi connectivity index (χ2n) is 5.41. The van der Waals surface area contributed by atoms with Crippen LogP contribution in [0.25, 0.3) is 0 Å². The smallest absolute Gasteiger partial charge is 0.260 e. The number of ether oxygens (including phenoxy) is 1. The number of aryl methyl sites for hydroxylation is 1. The van der Waals surface area contributed by atoms with Gasteiger partial charge in [-0.2, -0.15) is 5.10 Å². The molecule has 0 radical (unpaired) electrons. The fraction of sp³-hybridized carbons (Fsp3) is 0.375. The van der Waals surface area contributed by atoms with Gasteiger partial charge in [0.25, 0.3) is 5.91 Å². The first-order valence-corrected chi connectivity index (χ1v) is 7.25. The number of carbonyl (C=O) groups is 1. The number of nitrogens with zero attached hydrogens (tertiary/aromatic N) is 1. The van der Waals surface area contributed by atoms with Crippen LogP contribution in [0.3, 0.4) is 0 Å². The van der Waals surface area contributed by atoms with Gasteiger partial charge in [-0.3, -0.25) is 9.89 Å². The van der Waals surface area contributed by atoms with Crippen LogP contribution in [-0.4, -0.2) is 22.2 Å². The molecule has 2 aromatic rings. The van der Waals surface area contributed by atoms with Crippen LogP contribution in [0.15, 0.2) is 24.4 Å². The Morgan fingerprint density at radius 3 is 3.00 bits per heavy atom. The molecule has 2 heterocycles. The highest BCUT2D eigenvalue weighted by atomic mass is 16.5. The number of benzene rings is 1. The average molecular weight is 285 g/mol. The minimum absolute atomic E-state index is 0.0901. The summed E-state index contributed by atoms with van der Waals surface area (Å²) in [6, 6.07) is 5.72. The molecule has 5 heteroatoms. The van der Waals surface area contributed by atoms with Gasteiger partial charge in [0, 0.05) is 17.0 Å². The number of aromatic nitrogens is 2. The predicted molar refractivity (Wildman–Crippen MR) is 80.9 cm³/mol. The van der Waals surface area contributed by atoms with Gasteiger partial charge < -0.3 is 10.1 Å². The van der Waals surface area contributed by atoms with Crippen molar-refractivity contribution in [2.45, 2.75) is 39.2 Å². The van der Waals surface area contributed by atoms with Crippen LogP contribution in [0.1, 0.15) is 48.2 Å². The van der Waals surface area contributed by atoms with Crippen molar-refractivity contribution in [3.05, 3.63) is 41.1 Å². The summed E-state index contributed by atoms with van der Waals surface area (Å²) in [6.45, 7) is 6.16. The summed E-state index contributed by atoms with van der Waals surface area (Å²) in [7, 11) is 0. The molecule has 1 aromatic heterocycles. The molecule has 0 bridgehead atoms. The van der Waals surface area contributed by atoms with Crippen LogP contribution in [0, 0.1) is 0 Å². The van der Waals surface area contributed by atoms with Crippen LogP contribution in [0.2, 0.25) is 0 Å². The Labute approximate surface area is 123 Å². The second kappa shape index (κ2) is 5.24. The van der Waals surface area contributed by atoms with Gasteiger partial charge in [0.1, 0.15) is 17.7 Å². The number of H-pyrrole nitrogens is 1. The number of fused-ring (bicyclic) bond motifs is 1. The van der Waals surface area contributed by atoms with E-state index in [0.29, 0.717) is 23.0 Å². The third-order valence-electron chi connectivity index (χ3n) is 4.13. The van der Waals surface area contributed by atoms with E-state index in [9.17, 15) is 4.79 Å². The Balaban J connectivity index is 1.90. The molecule has 0 saturated heterocycles. The van der Waals surface area contributed by atoms with Crippen molar-refractivity contribution >= 4 is 11.7 Å². The molecule has 2 N–H and O–H groups in total.